The Morgan fingerprint density at radius 3 is 2.89 bits per heavy atom. The summed E-state index contributed by atoms with van der Waals surface area (Å²) in [5.41, 5.74) is 0. The van der Waals surface area contributed by atoms with Gasteiger partial charge in [-0.2, -0.15) is 0 Å². The molecular weight excluding hydrogens is 118 g/mol. The fourth-order valence-electron chi connectivity index (χ4n) is 0.656. The molecule has 50 valence electrons. The van der Waals surface area contributed by atoms with Gasteiger partial charge in [0.15, 0.2) is 6.10 Å². The highest BCUT2D eigenvalue weighted by atomic mass is 16.6. The number of nitrogens with one attached hydrogen (secondary N) is 1. The average Bonchev–Trinajstić information content (AvgIpc) is 2.64. The smallest absolute Gasteiger partial charge is 0.251 e. The Bertz CT molecular complexity index is 144. The minimum atomic E-state index is -0.271. The Balaban J connectivity index is 2.33. The lowest BCUT2D eigenvalue weighted by molar-refractivity contribution is -0.121. The standard InChI is InChI=1S/C6H9NO2/c1-3-4-5(9-4)6(8)7-2/h3-5H,1H2,2H3,(H,7,8). The molecule has 1 amide bonds. The largest absolute Gasteiger partial charge is 0.357 e. The number of epoxide rings is 1. The minimum absolute atomic E-state index is 0.0510. The second-order valence-corrected chi connectivity index (χ2v) is 1.87. The molecule has 9 heavy (non-hydrogen) atoms. The van der Waals surface area contributed by atoms with Gasteiger partial charge in [0, 0.05) is 7.05 Å². The van der Waals surface area contributed by atoms with Gasteiger partial charge in [-0.25, -0.2) is 0 Å². The fraction of sp³-hybridized carbons (Fsp3) is 0.500. The molecule has 1 aliphatic rings. The van der Waals surface area contributed by atoms with Crippen LogP contribution in [0.1, 0.15) is 0 Å². The highest BCUT2D eigenvalue weighted by Gasteiger charge is 2.41. The van der Waals surface area contributed by atoms with Crippen LogP contribution in [0, 0.1) is 0 Å². The first-order valence-corrected chi connectivity index (χ1v) is 2.79. The van der Waals surface area contributed by atoms with E-state index in [1.165, 1.54) is 0 Å². The Kier molecular flexibility index (Phi) is 1.53. The molecule has 1 rings (SSSR count). The molecule has 0 bridgehead atoms. The van der Waals surface area contributed by atoms with Crippen LogP contribution in [0.25, 0.3) is 0 Å². The zero-order chi connectivity index (χ0) is 6.85. The van der Waals surface area contributed by atoms with Crippen molar-refractivity contribution in [1.29, 1.82) is 0 Å². The topological polar surface area (TPSA) is 41.6 Å². The van der Waals surface area contributed by atoms with Crippen molar-refractivity contribution >= 4 is 5.91 Å². The SMILES string of the molecule is C=CC1OC1C(=O)NC. The Labute approximate surface area is 53.7 Å². The molecular formula is C6H9NO2. The van der Waals surface area contributed by atoms with Crippen molar-refractivity contribution in [3.05, 3.63) is 12.7 Å². The Hall–Kier alpha value is -0.830. The second kappa shape index (κ2) is 2.19. The lowest BCUT2D eigenvalue weighted by atomic mass is 10.3. The number of hydrogen-bond donors (Lipinski definition) is 1. The van der Waals surface area contributed by atoms with Crippen molar-refractivity contribution < 1.29 is 9.53 Å². The van der Waals surface area contributed by atoms with E-state index in [0.717, 1.165) is 0 Å². The number of amides is 1. The van der Waals surface area contributed by atoms with Crippen molar-refractivity contribution in [3.8, 4) is 0 Å². The van der Waals surface area contributed by atoms with E-state index in [9.17, 15) is 4.79 Å². The van der Waals surface area contributed by atoms with Gasteiger partial charge in [0.25, 0.3) is 5.91 Å². The molecule has 2 atom stereocenters. The van der Waals surface area contributed by atoms with Gasteiger partial charge >= 0.3 is 0 Å². The number of carbonyl (C=O) groups excluding carboxylic acids is 1. The summed E-state index contributed by atoms with van der Waals surface area (Å²) in [5, 5.41) is 2.48. The molecule has 0 spiro atoms. The third-order valence-electron chi connectivity index (χ3n) is 1.26. The van der Waals surface area contributed by atoms with E-state index in [2.05, 4.69) is 11.9 Å². The lowest BCUT2D eigenvalue weighted by Crippen LogP contribution is -2.24. The van der Waals surface area contributed by atoms with Crippen molar-refractivity contribution in [1.82, 2.24) is 5.32 Å². The molecule has 0 aromatic rings. The van der Waals surface area contributed by atoms with E-state index >= 15 is 0 Å². The summed E-state index contributed by atoms with van der Waals surface area (Å²) in [6.07, 6.45) is 1.30. The van der Waals surface area contributed by atoms with Gasteiger partial charge in [0.05, 0.1) is 0 Å². The molecule has 1 heterocycles. The highest BCUT2D eigenvalue weighted by Crippen LogP contribution is 2.22. The number of likely N-dealkylation sites (N-methyl/N-ethyl adjacent to an activating group) is 1. The first-order valence-electron chi connectivity index (χ1n) is 2.79. The minimum Gasteiger partial charge on any atom is -0.357 e. The van der Waals surface area contributed by atoms with Crippen LogP contribution in [0.3, 0.4) is 0 Å². The average molecular weight is 127 g/mol. The summed E-state index contributed by atoms with van der Waals surface area (Å²) in [4.78, 5) is 10.7. The first-order chi connectivity index (χ1) is 4.29. The summed E-state index contributed by atoms with van der Waals surface area (Å²) in [6, 6.07) is 0. The monoisotopic (exact) mass is 127 g/mol. The molecule has 0 saturated carbocycles. The van der Waals surface area contributed by atoms with Crippen LogP contribution in [0.15, 0.2) is 12.7 Å². The van der Waals surface area contributed by atoms with E-state index in [4.69, 9.17) is 4.74 Å². The molecule has 3 heteroatoms. The summed E-state index contributed by atoms with van der Waals surface area (Å²) in [5.74, 6) is -0.0695. The fourth-order valence-corrected chi connectivity index (χ4v) is 0.656. The van der Waals surface area contributed by atoms with Gasteiger partial charge < -0.3 is 10.1 Å². The molecule has 1 fully saturated rings. The molecule has 1 saturated heterocycles. The van der Waals surface area contributed by atoms with Crippen LogP contribution in [0.4, 0.5) is 0 Å². The van der Waals surface area contributed by atoms with Crippen LogP contribution in [-0.2, 0) is 9.53 Å². The molecule has 0 aromatic heterocycles. The molecule has 0 aliphatic carbocycles. The molecule has 0 radical (unpaired) electrons. The Morgan fingerprint density at radius 1 is 1.89 bits per heavy atom. The van der Waals surface area contributed by atoms with Crippen LogP contribution in [0.5, 0.6) is 0 Å². The maximum absolute atomic E-state index is 10.7. The van der Waals surface area contributed by atoms with Gasteiger partial charge in [-0.3, -0.25) is 4.79 Å². The van der Waals surface area contributed by atoms with Crippen LogP contribution in [0.2, 0.25) is 0 Å². The van der Waals surface area contributed by atoms with Crippen molar-refractivity contribution in [2.75, 3.05) is 7.05 Å². The number of hydrogen-bond acceptors (Lipinski definition) is 2. The molecule has 0 aromatic carbocycles. The molecule has 1 aliphatic heterocycles. The normalized spacial score (nSPS) is 31.2. The maximum Gasteiger partial charge on any atom is 0.251 e. The third kappa shape index (κ3) is 1.10. The Morgan fingerprint density at radius 2 is 2.56 bits per heavy atom. The van der Waals surface area contributed by atoms with E-state index in [-0.39, 0.29) is 18.1 Å². The zero-order valence-corrected chi connectivity index (χ0v) is 5.26. The first kappa shape index (κ1) is 6.29. The highest BCUT2D eigenvalue weighted by molar-refractivity contribution is 5.83. The lowest BCUT2D eigenvalue weighted by Gasteiger charge is -1.88. The predicted molar refractivity (Wildman–Crippen MR) is 32.9 cm³/mol. The number of ether oxygens (including phenoxy) is 1. The van der Waals surface area contributed by atoms with Gasteiger partial charge in [0.2, 0.25) is 0 Å². The van der Waals surface area contributed by atoms with Gasteiger partial charge in [0.1, 0.15) is 6.10 Å². The maximum atomic E-state index is 10.7. The number of rotatable bonds is 2. The van der Waals surface area contributed by atoms with Crippen molar-refractivity contribution in [2.45, 2.75) is 12.2 Å². The second-order valence-electron chi connectivity index (χ2n) is 1.87. The van der Waals surface area contributed by atoms with Gasteiger partial charge in [-0.15, -0.1) is 6.58 Å². The number of carbonyl (C=O) groups is 1. The van der Waals surface area contributed by atoms with Crippen molar-refractivity contribution in [3.63, 3.8) is 0 Å². The van der Waals surface area contributed by atoms with Crippen LogP contribution >= 0.6 is 0 Å². The third-order valence-corrected chi connectivity index (χ3v) is 1.26. The van der Waals surface area contributed by atoms with Gasteiger partial charge in [-0.05, 0) is 0 Å². The summed E-state index contributed by atoms with van der Waals surface area (Å²) in [6.45, 7) is 3.48. The van der Waals surface area contributed by atoms with E-state index in [1.807, 2.05) is 0 Å². The quantitative estimate of drug-likeness (QED) is 0.408. The van der Waals surface area contributed by atoms with Crippen molar-refractivity contribution in [2.24, 2.45) is 0 Å². The van der Waals surface area contributed by atoms with E-state index < -0.39 is 0 Å². The zero-order valence-electron chi connectivity index (χ0n) is 5.26. The molecule has 3 nitrogen and oxygen atoms in total. The molecule has 1 N–H and O–H groups in total. The van der Waals surface area contributed by atoms with Crippen LogP contribution < -0.4 is 5.32 Å². The van der Waals surface area contributed by atoms with Crippen LogP contribution in [-0.4, -0.2) is 25.2 Å². The van der Waals surface area contributed by atoms with Gasteiger partial charge in [-0.1, -0.05) is 6.08 Å². The summed E-state index contributed by atoms with van der Waals surface area (Å²) >= 11 is 0. The predicted octanol–water partition coefficient (Wildman–Crippen LogP) is -0.314. The van der Waals surface area contributed by atoms with E-state index in [1.54, 1.807) is 13.1 Å². The summed E-state index contributed by atoms with van der Waals surface area (Å²) < 4.78 is 4.89. The van der Waals surface area contributed by atoms with E-state index in [0.29, 0.717) is 0 Å². The summed E-state index contributed by atoms with van der Waals surface area (Å²) in [7, 11) is 1.59. The molecule has 2 unspecified atom stereocenters.